The average Bonchev–Trinajstić information content (AvgIpc) is 3.73. The minimum absolute atomic E-state index is 0.0203. The number of halogens is 1. The zero-order valence-corrected chi connectivity index (χ0v) is 32.7. The first kappa shape index (κ1) is 37.6. The zero-order valence-electron chi connectivity index (χ0n) is 32.7. The van der Waals surface area contributed by atoms with Crippen molar-refractivity contribution in [2.45, 2.75) is 88.7 Å². The molecule has 4 aromatic rings. The number of aromatic nitrogens is 3. The van der Waals surface area contributed by atoms with Crippen molar-refractivity contribution in [1.82, 2.24) is 25.2 Å². The fourth-order valence-electron chi connectivity index (χ4n) is 10.4. The summed E-state index contributed by atoms with van der Waals surface area (Å²) in [6, 6.07) is 9.19. The molecule has 5 atom stereocenters. The van der Waals surface area contributed by atoms with E-state index in [-0.39, 0.29) is 77.1 Å². The van der Waals surface area contributed by atoms with Crippen LogP contribution in [-0.2, 0) is 14.2 Å². The van der Waals surface area contributed by atoms with Gasteiger partial charge in [0.25, 0.3) is 0 Å². The Hall–Kier alpha value is -4.97. The van der Waals surface area contributed by atoms with Crippen molar-refractivity contribution in [3.8, 4) is 41.2 Å². The van der Waals surface area contributed by atoms with Crippen molar-refractivity contribution < 1.29 is 38.0 Å². The van der Waals surface area contributed by atoms with Gasteiger partial charge < -0.3 is 39.0 Å². The molecule has 4 aliphatic heterocycles. The van der Waals surface area contributed by atoms with Crippen LogP contribution in [0.25, 0.3) is 32.9 Å². The molecular formula is C43H49FN6O7. The van der Waals surface area contributed by atoms with Crippen molar-refractivity contribution in [3.05, 3.63) is 41.7 Å². The standard InChI is InChI=1S/C43H49FN6O7/c1-5-27-9-6-10-28-19-30(51)20-31(33(27)28)36-35(44)37-34(39(46-36)53-4)38(49-15-16-54-24-43(22-49)21-45-41(52)57-43)48-40(47-37)55-23-42-12-7-11-32(42)50(14-8-13-42)29-17-25(2)56-26(3)18-29/h1,6,9-10,19-20,25-26,29,32,51H,7-8,11-18,21-24H2,2-4H3,(H,45,52). The lowest BCUT2D eigenvalue weighted by molar-refractivity contribution is -0.0967. The third-order valence-electron chi connectivity index (χ3n) is 12.8. The van der Waals surface area contributed by atoms with Crippen LogP contribution < -0.4 is 19.7 Å². The number of anilines is 1. The Morgan fingerprint density at radius 2 is 1.93 bits per heavy atom. The molecule has 1 amide bonds. The number of hydrogen-bond donors (Lipinski definition) is 2. The van der Waals surface area contributed by atoms with Gasteiger partial charge in [-0.1, -0.05) is 24.5 Å². The highest BCUT2D eigenvalue weighted by Gasteiger charge is 2.51. The highest BCUT2D eigenvalue weighted by Crippen LogP contribution is 2.50. The number of rotatable bonds is 7. The second kappa shape index (κ2) is 14.8. The van der Waals surface area contributed by atoms with Gasteiger partial charge in [0.1, 0.15) is 28.2 Å². The molecule has 2 aromatic carbocycles. The number of terminal acetylenes is 1. The molecule has 0 radical (unpaired) electrons. The highest BCUT2D eigenvalue weighted by atomic mass is 19.1. The van der Waals surface area contributed by atoms with Crippen LogP contribution in [0.2, 0.25) is 0 Å². The van der Waals surface area contributed by atoms with E-state index in [0.29, 0.717) is 54.0 Å². The van der Waals surface area contributed by atoms with Crippen LogP contribution in [-0.4, -0.2) is 114 Å². The lowest BCUT2D eigenvalue weighted by Crippen LogP contribution is -2.57. The number of alkyl carbamates (subject to hydrolysis) is 1. The van der Waals surface area contributed by atoms with Crippen LogP contribution in [0.15, 0.2) is 30.3 Å². The van der Waals surface area contributed by atoms with Crippen LogP contribution in [0, 0.1) is 23.6 Å². The molecule has 5 unspecified atom stereocenters. The van der Waals surface area contributed by atoms with Crippen molar-refractivity contribution in [1.29, 1.82) is 0 Å². The molecule has 5 aliphatic rings. The van der Waals surface area contributed by atoms with Gasteiger partial charge in [0, 0.05) is 40.6 Å². The molecule has 300 valence electrons. The maximum atomic E-state index is 17.5. The number of methoxy groups -OCH3 is 1. The van der Waals surface area contributed by atoms with Gasteiger partial charge in [-0.25, -0.2) is 14.2 Å². The number of benzene rings is 2. The van der Waals surface area contributed by atoms with Crippen LogP contribution in [0.3, 0.4) is 0 Å². The number of phenols is 1. The van der Waals surface area contributed by atoms with Gasteiger partial charge in [-0.3, -0.25) is 4.90 Å². The number of amides is 1. The number of carbonyl (C=O) groups excluding carboxylic acids is 1. The second-order valence-corrected chi connectivity index (χ2v) is 16.6. The van der Waals surface area contributed by atoms with Crippen molar-refractivity contribution >= 4 is 33.6 Å². The monoisotopic (exact) mass is 780 g/mol. The van der Waals surface area contributed by atoms with Gasteiger partial charge >= 0.3 is 12.1 Å². The summed E-state index contributed by atoms with van der Waals surface area (Å²) in [5.41, 5.74) is -0.475. The number of likely N-dealkylation sites (tertiary alicyclic amines) is 1. The summed E-state index contributed by atoms with van der Waals surface area (Å²) in [5, 5.41) is 15.0. The van der Waals surface area contributed by atoms with E-state index in [9.17, 15) is 9.90 Å². The first-order valence-corrected chi connectivity index (χ1v) is 20.1. The number of nitrogens with one attached hydrogen (secondary N) is 1. The molecule has 13 nitrogen and oxygen atoms in total. The quantitative estimate of drug-likeness (QED) is 0.214. The topological polar surface area (TPSA) is 141 Å². The van der Waals surface area contributed by atoms with E-state index < -0.39 is 17.5 Å². The van der Waals surface area contributed by atoms with Crippen molar-refractivity contribution in [3.63, 3.8) is 0 Å². The molecule has 14 heteroatoms. The summed E-state index contributed by atoms with van der Waals surface area (Å²) in [4.78, 5) is 31.5. The van der Waals surface area contributed by atoms with E-state index in [0.717, 1.165) is 51.5 Å². The first-order valence-electron chi connectivity index (χ1n) is 20.1. The van der Waals surface area contributed by atoms with Crippen LogP contribution >= 0.6 is 0 Å². The van der Waals surface area contributed by atoms with E-state index in [4.69, 9.17) is 45.1 Å². The summed E-state index contributed by atoms with van der Waals surface area (Å²) < 4.78 is 48.0. The summed E-state index contributed by atoms with van der Waals surface area (Å²) >= 11 is 0. The molecule has 2 aromatic heterocycles. The molecule has 0 bridgehead atoms. The number of pyridine rings is 1. The summed E-state index contributed by atoms with van der Waals surface area (Å²) in [6.07, 6.45) is 13.1. The predicted octanol–water partition coefficient (Wildman–Crippen LogP) is 5.96. The molecule has 57 heavy (non-hydrogen) atoms. The Balaban J connectivity index is 1.16. The number of ether oxygens (including phenoxy) is 5. The maximum Gasteiger partial charge on any atom is 0.408 e. The number of aromatic hydroxyl groups is 1. The summed E-state index contributed by atoms with van der Waals surface area (Å²) in [6.45, 7) is 7.03. The van der Waals surface area contributed by atoms with Gasteiger partial charge in [0.2, 0.25) is 5.88 Å². The number of fused-ring (bicyclic) bond motifs is 3. The molecule has 1 aliphatic carbocycles. The molecule has 1 saturated carbocycles. The van der Waals surface area contributed by atoms with Crippen molar-refractivity contribution in [2.24, 2.45) is 5.41 Å². The molecule has 1 spiro atoms. The third-order valence-corrected chi connectivity index (χ3v) is 12.8. The minimum Gasteiger partial charge on any atom is -0.508 e. The number of carbonyl (C=O) groups is 1. The van der Waals surface area contributed by atoms with Gasteiger partial charge in [0.15, 0.2) is 11.4 Å². The number of nitrogens with zero attached hydrogens (tertiary/aromatic N) is 5. The average molecular weight is 781 g/mol. The normalized spacial score (nSPS) is 29.2. The zero-order chi connectivity index (χ0) is 39.5. The predicted molar refractivity (Wildman–Crippen MR) is 211 cm³/mol. The molecular weight excluding hydrogens is 732 g/mol. The largest absolute Gasteiger partial charge is 0.508 e. The Bertz CT molecular complexity index is 2260. The number of phenolic OH excluding ortho intramolecular Hbond substituents is 1. The molecule has 4 saturated heterocycles. The number of piperidine rings is 1. The van der Waals surface area contributed by atoms with Crippen molar-refractivity contribution in [2.75, 3.05) is 58.0 Å². The fourth-order valence-corrected chi connectivity index (χ4v) is 10.4. The molecule has 6 heterocycles. The van der Waals surface area contributed by atoms with Gasteiger partial charge in [-0.2, -0.15) is 9.97 Å². The lowest BCUT2D eigenvalue weighted by atomic mass is 9.74. The molecule has 9 rings (SSSR count). The van der Waals surface area contributed by atoms with Gasteiger partial charge in [0.05, 0.1) is 52.2 Å². The maximum absolute atomic E-state index is 17.5. The summed E-state index contributed by atoms with van der Waals surface area (Å²) in [7, 11) is 1.45. The van der Waals surface area contributed by atoms with E-state index in [1.165, 1.54) is 13.2 Å². The third kappa shape index (κ3) is 6.73. The Kier molecular flexibility index (Phi) is 9.73. The highest BCUT2D eigenvalue weighted by molar-refractivity contribution is 6.04. The smallest absolute Gasteiger partial charge is 0.408 e. The van der Waals surface area contributed by atoms with Gasteiger partial charge in [-0.05, 0) is 82.5 Å². The minimum atomic E-state index is -1.00. The Morgan fingerprint density at radius 1 is 1.11 bits per heavy atom. The molecule has 5 fully saturated rings. The summed E-state index contributed by atoms with van der Waals surface area (Å²) in [5.74, 6) is 2.25. The van der Waals surface area contributed by atoms with E-state index in [1.807, 2.05) is 4.90 Å². The van der Waals surface area contributed by atoms with E-state index in [1.54, 1.807) is 24.3 Å². The Labute approximate surface area is 331 Å². The van der Waals surface area contributed by atoms with Crippen LogP contribution in [0.4, 0.5) is 15.0 Å². The van der Waals surface area contributed by atoms with Crippen LogP contribution in [0.1, 0.15) is 64.4 Å². The molecule has 2 N–H and O–H groups in total. The second-order valence-electron chi connectivity index (χ2n) is 16.6. The van der Waals surface area contributed by atoms with Gasteiger partial charge in [-0.15, -0.1) is 6.42 Å². The SMILES string of the molecule is C#Cc1cccc2cc(O)cc(-c3nc(OC)c4c(N5CCOCC6(CNC(=O)O6)C5)nc(OCC56CCCC5N(C5CC(C)OC(C)C5)CCC6)nc4c3F)c12. The number of hydrogen-bond acceptors (Lipinski definition) is 12. The fraction of sp³-hybridized carbons (Fsp3) is 0.535. The lowest BCUT2D eigenvalue weighted by Gasteiger charge is -2.51. The van der Waals surface area contributed by atoms with E-state index in [2.05, 4.69) is 30.0 Å². The first-order chi connectivity index (χ1) is 27.6. The van der Waals surface area contributed by atoms with E-state index >= 15 is 4.39 Å². The Morgan fingerprint density at radius 3 is 2.70 bits per heavy atom. The van der Waals surface area contributed by atoms with Crippen LogP contribution in [0.5, 0.6) is 17.6 Å².